The number of aliphatic imine (C=N–C) groups is 1. The van der Waals surface area contributed by atoms with Crippen LogP contribution in [0.15, 0.2) is 47.5 Å². The third-order valence-corrected chi connectivity index (χ3v) is 5.55. The van der Waals surface area contributed by atoms with Crippen molar-refractivity contribution in [3.8, 4) is 11.5 Å². The number of rotatable bonds is 9. The van der Waals surface area contributed by atoms with Gasteiger partial charge in [0.25, 0.3) is 0 Å². The van der Waals surface area contributed by atoms with E-state index in [2.05, 4.69) is 47.9 Å². The van der Waals surface area contributed by atoms with E-state index in [1.165, 1.54) is 16.7 Å². The Morgan fingerprint density at radius 1 is 1.00 bits per heavy atom. The summed E-state index contributed by atoms with van der Waals surface area (Å²) in [5.41, 5.74) is 3.56. The standard InChI is InChI=1S/C25H33N3O4.HI/c1-2-26-25(27-11-8-19-6-7-23-24(15-19)32-18-31-23)28-16-20-4-3-5-21(14-20)17-30-22-9-12-29-13-10-22;/h3-7,14-15,22H,2,8-13,16-18H2,1H3,(H2,26,27,28);1H. The van der Waals surface area contributed by atoms with E-state index in [4.69, 9.17) is 23.9 Å². The van der Waals surface area contributed by atoms with Crippen LogP contribution in [-0.4, -0.2) is 45.2 Å². The van der Waals surface area contributed by atoms with Gasteiger partial charge in [-0.3, -0.25) is 0 Å². The normalized spacial score (nSPS) is 15.7. The molecule has 33 heavy (non-hydrogen) atoms. The van der Waals surface area contributed by atoms with E-state index in [1.807, 2.05) is 12.1 Å². The summed E-state index contributed by atoms with van der Waals surface area (Å²) in [6, 6.07) is 14.6. The molecular weight excluding hydrogens is 533 g/mol. The Bertz CT molecular complexity index is 903. The van der Waals surface area contributed by atoms with Crippen molar-refractivity contribution in [1.29, 1.82) is 0 Å². The molecule has 1 fully saturated rings. The van der Waals surface area contributed by atoms with Crippen LogP contribution >= 0.6 is 24.0 Å². The minimum absolute atomic E-state index is 0. The Labute approximate surface area is 213 Å². The lowest BCUT2D eigenvalue weighted by molar-refractivity contribution is -0.0390. The second kappa shape index (κ2) is 13.6. The fourth-order valence-corrected chi connectivity index (χ4v) is 3.81. The highest BCUT2D eigenvalue weighted by atomic mass is 127. The molecule has 0 spiro atoms. The molecule has 0 aliphatic carbocycles. The van der Waals surface area contributed by atoms with Crippen molar-refractivity contribution < 1.29 is 18.9 Å². The lowest BCUT2D eigenvalue weighted by atomic mass is 10.1. The van der Waals surface area contributed by atoms with Crippen LogP contribution < -0.4 is 20.1 Å². The molecule has 0 saturated carbocycles. The van der Waals surface area contributed by atoms with E-state index in [1.54, 1.807) is 0 Å². The molecule has 8 heteroatoms. The zero-order chi connectivity index (χ0) is 22.0. The number of fused-ring (bicyclic) bond motifs is 1. The fraction of sp³-hybridized carbons (Fsp3) is 0.480. The van der Waals surface area contributed by atoms with Gasteiger partial charge in [-0.1, -0.05) is 30.3 Å². The third kappa shape index (κ3) is 8.04. The van der Waals surface area contributed by atoms with Crippen molar-refractivity contribution >= 4 is 29.9 Å². The Balaban J connectivity index is 0.00000306. The largest absolute Gasteiger partial charge is 0.454 e. The maximum absolute atomic E-state index is 6.05. The SMILES string of the molecule is CCNC(=NCc1cccc(COC2CCOCC2)c1)NCCc1ccc2c(c1)OCO2.I. The molecule has 0 unspecified atom stereocenters. The Hall–Kier alpha value is -2.04. The minimum atomic E-state index is 0. The molecular formula is C25H34IN3O4. The quantitative estimate of drug-likeness (QED) is 0.271. The predicted octanol–water partition coefficient (Wildman–Crippen LogP) is 4.03. The van der Waals surface area contributed by atoms with Crippen LogP contribution in [0, 0.1) is 0 Å². The van der Waals surface area contributed by atoms with Crippen LogP contribution in [0.4, 0.5) is 0 Å². The van der Waals surface area contributed by atoms with Gasteiger partial charge in [0, 0.05) is 26.3 Å². The first-order valence-corrected chi connectivity index (χ1v) is 11.5. The summed E-state index contributed by atoms with van der Waals surface area (Å²) in [4.78, 5) is 4.76. The highest BCUT2D eigenvalue weighted by Crippen LogP contribution is 2.32. The van der Waals surface area contributed by atoms with Crippen LogP contribution in [0.5, 0.6) is 11.5 Å². The van der Waals surface area contributed by atoms with Crippen LogP contribution in [0.3, 0.4) is 0 Å². The maximum atomic E-state index is 6.05. The summed E-state index contributed by atoms with van der Waals surface area (Å²) in [5, 5.41) is 6.74. The number of benzene rings is 2. The van der Waals surface area contributed by atoms with Gasteiger partial charge in [-0.2, -0.15) is 0 Å². The van der Waals surface area contributed by atoms with Crippen molar-refractivity contribution in [3.05, 3.63) is 59.2 Å². The maximum Gasteiger partial charge on any atom is 0.231 e. The van der Waals surface area contributed by atoms with Gasteiger partial charge in [0.1, 0.15) is 0 Å². The van der Waals surface area contributed by atoms with Gasteiger partial charge in [0.15, 0.2) is 17.5 Å². The Morgan fingerprint density at radius 3 is 2.67 bits per heavy atom. The highest BCUT2D eigenvalue weighted by Gasteiger charge is 2.14. The average Bonchev–Trinajstić information content (AvgIpc) is 3.30. The van der Waals surface area contributed by atoms with Crippen molar-refractivity contribution in [2.45, 2.75) is 45.4 Å². The lowest BCUT2D eigenvalue weighted by Crippen LogP contribution is -2.38. The molecule has 0 bridgehead atoms. The molecule has 2 N–H and O–H groups in total. The summed E-state index contributed by atoms with van der Waals surface area (Å²) < 4.78 is 22.3. The Kier molecular flexibility index (Phi) is 10.6. The second-order valence-electron chi connectivity index (χ2n) is 8.00. The molecule has 7 nitrogen and oxygen atoms in total. The highest BCUT2D eigenvalue weighted by molar-refractivity contribution is 14.0. The lowest BCUT2D eigenvalue weighted by Gasteiger charge is -2.22. The van der Waals surface area contributed by atoms with Crippen molar-refractivity contribution in [3.63, 3.8) is 0 Å². The zero-order valence-electron chi connectivity index (χ0n) is 19.2. The number of nitrogens with zero attached hydrogens (tertiary/aromatic N) is 1. The van der Waals surface area contributed by atoms with Gasteiger partial charge in [-0.05, 0) is 55.0 Å². The molecule has 0 atom stereocenters. The van der Waals surface area contributed by atoms with Crippen LogP contribution in [0.25, 0.3) is 0 Å². The number of nitrogens with one attached hydrogen (secondary N) is 2. The summed E-state index contributed by atoms with van der Waals surface area (Å²) in [5.74, 6) is 2.46. The third-order valence-electron chi connectivity index (χ3n) is 5.55. The molecule has 4 rings (SSSR count). The summed E-state index contributed by atoms with van der Waals surface area (Å²) >= 11 is 0. The molecule has 180 valence electrons. The van der Waals surface area contributed by atoms with Gasteiger partial charge in [0.2, 0.25) is 6.79 Å². The zero-order valence-corrected chi connectivity index (χ0v) is 21.5. The molecule has 2 aliphatic rings. The van der Waals surface area contributed by atoms with E-state index >= 15 is 0 Å². The number of halogens is 1. The number of ether oxygens (including phenoxy) is 4. The molecule has 0 radical (unpaired) electrons. The van der Waals surface area contributed by atoms with E-state index in [-0.39, 0.29) is 24.0 Å². The fourth-order valence-electron chi connectivity index (χ4n) is 3.81. The first-order valence-electron chi connectivity index (χ1n) is 11.5. The molecule has 2 aromatic rings. The summed E-state index contributed by atoms with van der Waals surface area (Å²) in [7, 11) is 0. The molecule has 1 saturated heterocycles. The van der Waals surface area contributed by atoms with E-state index in [0.29, 0.717) is 26.0 Å². The van der Waals surface area contributed by atoms with Crippen molar-refractivity contribution in [2.24, 2.45) is 4.99 Å². The molecule has 2 aliphatic heterocycles. The van der Waals surface area contributed by atoms with Crippen molar-refractivity contribution in [2.75, 3.05) is 33.1 Å². The van der Waals surface area contributed by atoms with Crippen molar-refractivity contribution in [1.82, 2.24) is 10.6 Å². The van der Waals surface area contributed by atoms with Crippen LogP contribution in [-0.2, 0) is 29.0 Å². The van der Waals surface area contributed by atoms with Crippen LogP contribution in [0.1, 0.15) is 36.5 Å². The summed E-state index contributed by atoms with van der Waals surface area (Å²) in [6.45, 7) is 6.82. The first-order chi connectivity index (χ1) is 15.8. The van der Waals surface area contributed by atoms with E-state index in [0.717, 1.165) is 63.0 Å². The van der Waals surface area contributed by atoms with Gasteiger partial charge in [0.05, 0.1) is 19.3 Å². The topological polar surface area (TPSA) is 73.3 Å². The number of hydrogen-bond acceptors (Lipinski definition) is 5. The van der Waals surface area contributed by atoms with E-state index in [9.17, 15) is 0 Å². The van der Waals surface area contributed by atoms with Gasteiger partial charge >= 0.3 is 0 Å². The van der Waals surface area contributed by atoms with Crippen LogP contribution in [0.2, 0.25) is 0 Å². The average molecular weight is 567 g/mol. The number of hydrogen-bond donors (Lipinski definition) is 2. The van der Waals surface area contributed by atoms with Gasteiger partial charge in [-0.15, -0.1) is 24.0 Å². The van der Waals surface area contributed by atoms with Gasteiger partial charge < -0.3 is 29.6 Å². The monoisotopic (exact) mass is 567 g/mol. The Morgan fingerprint density at radius 2 is 1.82 bits per heavy atom. The van der Waals surface area contributed by atoms with Gasteiger partial charge in [-0.25, -0.2) is 4.99 Å². The second-order valence-corrected chi connectivity index (χ2v) is 8.00. The summed E-state index contributed by atoms with van der Waals surface area (Å²) in [6.07, 6.45) is 3.14. The number of guanidine groups is 1. The molecule has 0 amide bonds. The molecule has 2 aromatic carbocycles. The van der Waals surface area contributed by atoms with E-state index < -0.39 is 0 Å². The molecule has 2 heterocycles. The first kappa shape index (κ1) is 25.6. The predicted molar refractivity (Wildman–Crippen MR) is 140 cm³/mol. The smallest absolute Gasteiger partial charge is 0.231 e. The molecule has 0 aromatic heterocycles. The minimum Gasteiger partial charge on any atom is -0.454 e.